The first kappa shape index (κ1) is 11.2. The van der Waals surface area contributed by atoms with E-state index in [1.165, 1.54) is 44.1 Å². The van der Waals surface area contributed by atoms with E-state index in [4.69, 9.17) is 4.84 Å². The Morgan fingerprint density at radius 1 is 1.00 bits per heavy atom. The van der Waals surface area contributed by atoms with E-state index < -0.39 is 0 Å². The minimum absolute atomic E-state index is 0.291. The van der Waals surface area contributed by atoms with Crippen LogP contribution in [0.25, 0.3) is 0 Å². The van der Waals surface area contributed by atoms with Crippen molar-refractivity contribution in [1.29, 1.82) is 0 Å². The van der Waals surface area contributed by atoms with Crippen molar-refractivity contribution in [3.8, 4) is 0 Å². The van der Waals surface area contributed by atoms with E-state index in [0.29, 0.717) is 12.1 Å². The maximum Gasteiger partial charge on any atom is 0.106 e. The molecule has 2 atom stereocenters. The molecule has 2 nitrogen and oxygen atoms in total. The molecule has 0 aromatic heterocycles. The van der Waals surface area contributed by atoms with Crippen LogP contribution in [0.2, 0.25) is 0 Å². The average molecular weight is 231 g/mol. The van der Waals surface area contributed by atoms with E-state index in [2.05, 4.69) is 35.4 Å². The number of benzene rings is 1. The lowest BCUT2D eigenvalue weighted by atomic mass is 9.97. The summed E-state index contributed by atoms with van der Waals surface area (Å²) in [5.74, 6) is 0. The standard InChI is InChI=1S/C15H21NO/c1-2-7-11-16-14(10-6-1)12-15(17-16)13-8-4-3-5-9-13/h3-5,8-9,14-15H,1-2,6-7,10-12H2/t14-,15+/m1/s1. The summed E-state index contributed by atoms with van der Waals surface area (Å²) in [7, 11) is 0. The summed E-state index contributed by atoms with van der Waals surface area (Å²) in [6.45, 7) is 1.12. The summed E-state index contributed by atoms with van der Waals surface area (Å²) < 4.78 is 0. The SMILES string of the molecule is c1ccc([C@@H]2C[C@H]3CCCCCCN3O2)cc1. The predicted octanol–water partition coefficient (Wildman–Crippen LogP) is 3.70. The number of hydrogen-bond donors (Lipinski definition) is 0. The van der Waals surface area contributed by atoms with Gasteiger partial charge in [-0.1, -0.05) is 49.6 Å². The van der Waals surface area contributed by atoms with Crippen molar-refractivity contribution in [3.63, 3.8) is 0 Å². The summed E-state index contributed by atoms with van der Waals surface area (Å²) in [5.41, 5.74) is 1.33. The second kappa shape index (κ2) is 5.19. The maximum atomic E-state index is 6.12. The highest BCUT2D eigenvalue weighted by Crippen LogP contribution is 2.36. The molecule has 3 rings (SSSR count). The third-order valence-electron chi connectivity index (χ3n) is 3.99. The van der Waals surface area contributed by atoms with Crippen LogP contribution in [0, 0.1) is 0 Å². The van der Waals surface area contributed by atoms with E-state index in [-0.39, 0.29) is 0 Å². The van der Waals surface area contributed by atoms with Crippen LogP contribution in [0.1, 0.15) is 50.2 Å². The molecule has 0 aliphatic carbocycles. The van der Waals surface area contributed by atoms with Crippen LogP contribution in [0.5, 0.6) is 0 Å². The molecule has 1 aromatic rings. The Kier molecular flexibility index (Phi) is 3.44. The Morgan fingerprint density at radius 2 is 1.82 bits per heavy atom. The minimum Gasteiger partial charge on any atom is -0.291 e. The smallest absolute Gasteiger partial charge is 0.106 e. The Morgan fingerprint density at radius 3 is 2.71 bits per heavy atom. The molecule has 0 unspecified atom stereocenters. The largest absolute Gasteiger partial charge is 0.291 e. The second-order valence-electron chi connectivity index (χ2n) is 5.24. The third kappa shape index (κ3) is 2.53. The normalized spacial score (nSPS) is 30.6. The molecule has 0 bridgehead atoms. The summed E-state index contributed by atoms with van der Waals surface area (Å²) >= 11 is 0. The zero-order valence-corrected chi connectivity index (χ0v) is 10.3. The number of nitrogens with zero attached hydrogens (tertiary/aromatic N) is 1. The first-order valence-corrected chi connectivity index (χ1v) is 6.92. The average Bonchev–Trinajstić information content (AvgIpc) is 2.73. The topological polar surface area (TPSA) is 12.5 Å². The first-order chi connectivity index (χ1) is 8.43. The van der Waals surface area contributed by atoms with Crippen molar-refractivity contribution in [3.05, 3.63) is 35.9 Å². The van der Waals surface area contributed by atoms with Crippen LogP contribution in [0.15, 0.2) is 30.3 Å². The van der Waals surface area contributed by atoms with Crippen LogP contribution in [0.3, 0.4) is 0 Å². The van der Waals surface area contributed by atoms with Gasteiger partial charge in [-0.05, 0) is 24.8 Å². The molecule has 92 valence electrons. The molecule has 1 aromatic carbocycles. The van der Waals surface area contributed by atoms with Crippen molar-refractivity contribution in [2.75, 3.05) is 6.54 Å². The molecule has 2 saturated heterocycles. The van der Waals surface area contributed by atoms with Gasteiger partial charge in [0.25, 0.3) is 0 Å². The third-order valence-corrected chi connectivity index (χ3v) is 3.99. The zero-order chi connectivity index (χ0) is 11.5. The van der Waals surface area contributed by atoms with Gasteiger partial charge in [-0.15, -0.1) is 0 Å². The van der Waals surface area contributed by atoms with E-state index in [1.807, 2.05) is 0 Å². The van der Waals surface area contributed by atoms with Crippen LogP contribution >= 0.6 is 0 Å². The highest BCUT2D eigenvalue weighted by molar-refractivity contribution is 5.18. The fraction of sp³-hybridized carbons (Fsp3) is 0.600. The Labute approximate surface area is 104 Å². The summed E-state index contributed by atoms with van der Waals surface area (Å²) in [6, 6.07) is 11.3. The second-order valence-corrected chi connectivity index (χ2v) is 5.24. The van der Waals surface area contributed by atoms with Gasteiger partial charge >= 0.3 is 0 Å². The molecule has 2 aliphatic rings. The van der Waals surface area contributed by atoms with Gasteiger partial charge in [-0.3, -0.25) is 4.84 Å². The van der Waals surface area contributed by atoms with Crippen molar-refractivity contribution in [2.45, 2.75) is 50.7 Å². The number of fused-ring (bicyclic) bond motifs is 1. The lowest BCUT2D eigenvalue weighted by Gasteiger charge is -2.24. The molecule has 17 heavy (non-hydrogen) atoms. The quantitative estimate of drug-likeness (QED) is 0.730. The van der Waals surface area contributed by atoms with E-state index in [1.54, 1.807) is 0 Å². The maximum absolute atomic E-state index is 6.12. The van der Waals surface area contributed by atoms with Crippen LogP contribution in [-0.2, 0) is 4.84 Å². The molecule has 2 heterocycles. The van der Waals surface area contributed by atoms with Gasteiger partial charge in [0.05, 0.1) is 0 Å². The van der Waals surface area contributed by atoms with Crippen LogP contribution < -0.4 is 0 Å². The van der Waals surface area contributed by atoms with Gasteiger partial charge in [0.2, 0.25) is 0 Å². The number of hydrogen-bond acceptors (Lipinski definition) is 2. The van der Waals surface area contributed by atoms with Crippen molar-refractivity contribution in [2.24, 2.45) is 0 Å². The molecule has 2 aliphatic heterocycles. The molecule has 0 spiro atoms. The first-order valence-electron chi connectivity index (χ1n) is 6.92. The van der Waals surface area contributed by atoms with Crippen molar-refractivity contribution in [1.82, 2.24) is 5.06 Å². The lowest BCUT2D eigenvalue weighted by Crippen LogP contribution is -2.30. The number of hydroxylamine groups is 2. The summed E-state index contributed by atoms with van der Waals surface area (Å²) in [4.78, 5) is 6.12. The highest BCUT2D eigenvalue weighted by Gasteiger charge is 2.33. The molecular weight excluding hydrogens is 210 g/mol. The predicted molar refractivity (Wildman–Crippen MR) is 68.5 cm³/mol. The molecule has 0 saturated carbocycles. The van der Waals surface area contributed by atoms with Gasteiger partial charge in [-0.25, -0.2) is 0 Å². The molecule has 0 amide bonds. The molecule has 2 fully saturated rings. The van der Waals surface area contributed by atoms with Gasteiger partial charge in [0.15, 0.2) is 0 Å². The molecule has 0 N–H and O–H groups in total. The van der Waals surface area contributed by atoms with Gasteiger partial charge in [0.1, 0.15) is 6.10 Å². The Bertz CT molecular complexity index is 335. The minimum atomic E-state index is 0.291. The van der Waals surface area contributed by atoms with Gasteiger partial charge < -0.3 is 0 Å². The summed E-state index contributed by atoms with van der Waals surface area (Å²) in [6.07, 6.45) is 8.19. The van der Waals surface area contributed by atoms with E-state index >= 15 is 0 Å². The van der Waals surface area contributed by atoms with Crippen LogP contribution in [-0.4, -0.2) is 17.6 Å². The molecular formula is C15H21NO. The summed E-state index contributed by atoms with van der Waals surface area (Å²) in [5, 5.41) is 2.26. The molecule has 2 heteroatoms. The monoisotopic (exact) mass is 231 g/mol. The van der Waals surface area contributed by atoms with E-state index in [9.17, 15) is 0 Å². The van der Waals surface area contributed by atoms with Gasteiger partial charge in [-0.2, -0.15) is 5.06 Å². The Hall–Kier alpha value is -0.860. The van der Waals surface area contributed by atoms with E-state index in [0.717, 1.165) is 6.54 Å². The molecule has 0 radical (unpaired) electrons. The van der Waals surface area contributed by atoms with Crippen molar-refractivity contribution >= 4 is 0 Å². The zero-order valence-electron chi connectivity index (χ0n) is 10.3. The Balaban J connectivity index is 1.70. The lowest BCUT2D eigenvalue weighted by molar-refractivity contribution is -0.167. The number of rotatable bonds is 1. The fourth-order valence-corrected chi connectivity index (χ4v) is 3.02. The highest BCUT2D eigenvalue weighted by atomic mass is 16.7. The van der Waals surface area contributed by atoms with Crippen LogP contribution in [0.4, 0.5) is 0 Å². The van der Waals surface area contributed by atoms with Gasteiger partial charge in [0, 0.05) is 12.6 Å². The van der Waals surface area contributed by atoms with Crippen molar-refractivity contribution < 1.29 is 4.84 Å². The fourth-order valence-electron chi connectivity index (χ4n) is 3.02.